The molecule has 0 aromatic heterocycles. The van der Waals surface area contributed by atoms with Gasteiger partial charge in [-0.25, -0.2) is 0 Å². The molecule has 3 unspecified atom stereocenters. The summed E-state index contributed by atoms with van der Waals surface area (Å²) in [4.78, 5) is 193. The molecule has 2 bridgehead atoms. The predicted octanol–water partition coefficient (Wildman–Crippen LogP) is 7.06. The molecule has 12 amide bonds. The summed E-state index contributed by atoms with van der Waals surface area (Å²) in [6, 6.07) is -10.9. The Balaban J connectivity index is 1.33. The third kappa shape index (κ3) is 21.2. The number of likely N-dealkylation sites (N-methyl/N-ethyl adjacent to an activating group) is 7. The first kappa shape index (κ1) is 88.4. The molecule has 610 valence electrons. The minimum atomic E-state index is -4.57. The minimum absolute atomic E-state index is 0.0131. The number of nitrogens with zero attached hydrogens (tertiary/aromatic N) is 9. The molecule has 25 nitrogen and oxygen atoms in total. The maximum Gasteiger partial charge on any atom is 0.393 e. The summed E-state index contributed by atoms with van der Waals surface area (Å²) < 4.78 is 91.0. The number of carbonyl (C=O) groups excluding carboxylic acids is 12. The summed E-state index contributed by atoms with van der Waals surface area (Å²) in [5.41, 5.74) is -2.26. The van der Waals surface area contributed by atoms with Crippen molar-refractivity contribution in [1.82, 2.24) is 60.0 Å². The average molecular weight is 1560 g/mol. The van der Waals surface area contributed by atoms with Crippen LogP contribution in [0.2, 0.25) is 0 Å². The molecule has 7 rings (SSSR count). The number of amides is 12. The zero-order chi connectivity index (χ0) is 80.4. The van der Waals surface area contributed by atoms with Gasteiger partial charge < -0.3 is 64.8 Å². The molecule has 3 N–H and O–H groups in total. The van der Waals surface area contributed by atoms with Gasteiger partial charge in [-0.05, 0) is 152 Å². The summed E-state index contributed by atoms with van der Waals surface area (Å²) in [5.74, 6) is -14.3. The molecule has 2 saturated heterocycles. The second-order valence-corrected chi connectivity index (χ2v) is 33.2. The van der Waals surface area contributed by atoms with Crippen molar-refractivity contribution in [1.29, 1.82) is 0 Å². The summed E-state index contributed by atoms with van der Waals surface area (Å²) in [5, 5.41) is 7.35. The van der Waals surface area contributed by atoms with E-state index in [-0.39, 0.29) is 129 Å². The quantitative estimate of drug-likeness (QED) is 0.0947. The van der Waals surface area contributed by atoms with Crippen molar-refractivity contribution < 1.29 is 88.6 Å². The van der Waals surface area contributed by atoms with Crippen LogP contribution in [-0.4, -0.2) is 281 Å². The Morgan fingerprint density at radius 2 is 1.30 bits per heavy atom. The van der Waals surface area contributed by atoms with Crippen LogP contribution in [0.5, 0.6) is 0 Å². The Bertz CT molecular complexity index is 3250. The first-order chi connectivity index (χ1) is 50.5. The highest BCUT2D eigenvalue weighted by Gasteiger charge is 2.60. The van der Waals surface area contributed by atoms with Crippen molar-refractivity contribution in [3.8, 4) is 0 Å². The number of alkyl halides is 7. The zero-order valence-electron chi connectivity index (χ0n) is 65.7. The van der Waals surface area contributed by atoms with Gasteiger partial charge in [0.1, 0.15) is 53.9 Å². The summed E-state index contributed by atoms with van der Waals surface area (Å²) in [7, 11) is 9.69. The number of carbonyl (C=O) groups is 12. The number of ether oxygens (including phenoxy) is 1. The normalized spacial score (nSPS) is 31.7. The van der Waals surface area contributed by atoms with Crippen LogP contribution in [0.3, 0.4) is 0 Å². The molecule has 4 saturated carbocycles. The average Bonchev–Trinajstić information content (AvgIpc) is 0.884. The summed E-state index contributed by atoms with van der Waals surface area (Å²) >= 11 is 6.44. The number of hydrogen-bond donors (Lipinski definition) is 3. The van der Waals surface area contributed by atoms with E-state index in [4.69, 9.17) is 16.3 Å². The van der Waals surface area contributed by atoms with Crippen LogP contribution in [0.4, 0.5) is 26.3 Å². The van der Waals surface area contributed by atoms with Gasteiger partial charge in [0.25, 0.3) is 0 Å². The maximum atomic E-state index is 15.8. The Morgan fingerprint density at radius 3 is 1.87 bits per heavy atom. The molecular weight excluding hydrogens is 1440 g/mol. The lowest BCUT2D eigenvalue weighted by Gasteiger charge is -2.54. The molecule has 0 aromatic rings. The van der Waals surface area contributed by atoms with E-state index in [2.05, 4.69) is 16.0 Å². The lowest BCUT2D eigenvalue weighted by Crippen LogP contribution is -2.71. The Labute approximate surface area is 637 Å². The van der Waals surface area contributed by atoms with Gasteiger partial charge in [0, 0.05) is 87.4 Å². The van der Waals surface area contributed by atoms with Crippen molar-refractivity contribution in [2.45, 2.75) is 267 Å². The number of nitrogens with one attached hydrogen (secondary N) is 3. The summed E-state index contributed by atoms with van der Waals surface area (Å²) in [6.07, 6.45) is -5.14. The molecular formula is C76H119ClF6N12O13. The van der Waals surface area contributed by atoms with Gasteiger partial charge in [0.15, 0.2) is 0 Å². The number of fused-ring (bicyclic) bond motifs is 3. The second-order valence-electron chi connectivity index (χ2n) is 32.6. The Kier molecular flexibility index (Phi) is 30.7. The molecule has 3 aliphatic heterocycles. The van der Waals surface area contributed by atoms with E-state index >= 15 is 28.8 Å². The van der Waals surface area contributed by atoms with Gasteiger partial charge in [-0.3, -0.25) is 57.5 Å². The van der Waals surface area contributed by atoms with Gasteiger partial charge in [-0.2, -0.15) is 26.3 Å². The largest absolute Gasteiger partial charge is 0.393 e. The highest BCUT2D eigenvalue weighted by atomic mass is 35.5. The van der Waals surface area contributed by atoms with E-state index in [0.29, 0.717) is 32.1 Å². The fourth-order valence-electron chi connectivity index (χ4n) is 17.7. The van der Waals surface area contributed by atoms with Gasteiger partial charge in [-0.15, -0.1) is 11.6 Å². The van der Waals surface area contributed by atoms with Crippen LogP contribution in [0.1, 0.15) is 190 Å². The fourth-order valence-corrected chi connectivity index (χ4v) is 18.3. The lowest BCUT2D eigenvalue weighted by atomic mass is 9.58. The highest BCUT2D eigenvalue weighted by Crippen LogP contribution is 2.50. The van der Waals surface area contributed by atoms with Gasteiger partial charge in [0.05, 0.1) is 37.5 Å². The van der Waals surface area contributed by atoms with Crippen LogP contribution < -0.4 is 16.0 Å². The van der Waals surface area contributed by atoms with Crippen molar-refractivity contribution in [2.75, 3.05) is 88.7 Å². The molecule has 13 atom stereocenters. The van der Waals surface area contributed by atoms with Crippen molar-refractivity contribution in [3.05, 3.63) is 12.2 Å². The first-order valence-electron chi connectivity index (χ1n) is 38.9. The topological polar surface area (TPSA) is 279 Å². The van der Waals surface area contributed by atoms with E-state index < -0.39 is 209 Å². The van der Waals surface area contributed by atoms with E-state index in [9.17, 15) is 55.1 Å². The van der Waals surface area contributed by atoms with Gasteiger partial charge in [0.2, 0.25) is 70.9 Å². The first-order valence-corrected chi connectivity index (χ1v) is 39.4. The van der Waals surface area contributed by atoms with E-state index in [1.807, 2.05) is 13.8 Å². The van der Waals surface area contributed by atoms with Gasteiger partial charge in [-0.1, -0.05) is 66.0 Å². The second kappa shape index (κ2) is 37.5. The number of rotatable bonds is 13. The van der Waals surface area contributed by atoms with Crippen LogP contribution >= 0.6 is 11.6 Å². The van der Waals surface area contributed by atoms with E-state index in [1.54, 1.807) is 46.8 Å². The van der Waals surface area contributed by atoms with Crippen LogP contribution in [-0.2, 0) is 62.3 Å². The monoisotopic (exact) mass is 1560 g/mol. The molecule has 3 heterocycles. The van der Waals surface area contributed by atoms with Crippen molar-refractivity contribution in [3.63, 3.8) is 0 Å². The Morgan fingerprint density at radius 1 is 0.667 bits per heavy atom. The highest BCUT2D eigenvalue weighted by molar-refractivity contribution is 6.21. The van der Waals surface area contributed by atoms with Gasteiger partial charge >= 0.3 is 12.4 Å². The molecule has 4 aliphatic carbocycles. The smallest absolute Gasteiger partial charge is 0.377 e. The van der Waals surface area contributed by atoms with E-state index in [1.165, 1.54) is 73.8 Å². The summed E-state index contributed by atoms with van der Waals surface area (Å²) in [6.45, 7) is 10.9. The molecule has 32 heteroatoms. The maximum absolute atomic E-state index is 15.8. The standard InChI is InChI=1S/C76H119ClF6N12O13/c1-15-45(5)62-70(105)89(10)42-61(98)91(12)55-26-20-19-23-35-94(69(55)104)58(37-47-27-31-49(32-28-47)75(78,79)80)68(103)88(9)41-59(96)84-53(34-30-46-29-33-51(52(77)36-46)76(81,82)83)66(101)95-40-50(108-18-4)38-56(95)65(100)86-74(43-73(6,7)44-74)72(107)93(14)63(48-24-21-22-25-48)71(106)92(13)57(67(102)87(8)17-3)39-60(97)90(11)54(16-2)64(99)85-62/h19-20,45-58,62-63H,15-18,21-44H2,1-14H3,(H,84,96)(H,85,99)(H,86,100)/b20-19-/t45-,46?,47?,49?,50+,51?,52?,53-,54-,55-,56-,57-,58-,62-,63-/m0/s1. The van der Waals surface area contributed by atoms with Crippen LogP contribution in [0, 0.1) is 40.9 Å². The molecule has 108 heavy (non-hydrogen) atoms. The predicted molar refractivity (Wildman–Crippen MR) is 390 cm³/mol. The minimum Gasteiger partial charge on any atom is -0.377 e. The SMILES string of the molecule is CCO[C@@H]1C[C@H]2C(=O)NC3(CC(C)(C)C3)C(=O)N(C)[C@@H](C3CCCC3)C(=O)N(C)[C@H](C(=O)N(C)CC)CC(=O)N(C)[C@@H](CC)C(=O)N[C@@H]([C@@H](C)CC)C(=O)N(C)CC(=O)N(C)[C@H]3C/C=C\CCN(C3=O)[C@@H](CC3CCC(C(F)(F)F)CC3)C(=O)N(C)CC(=O)N[C@@H](CCC3CCC(C(F)(F)F)C(Cl)C3)C(=O)N2C1. The fraction of sp³-hybridized carbons (Fsp3) is 0.816. The molecule has 1 spiro atoms. The zero-order valence-corrected chi connectivity index (χ0v) is 66.4. The molecule has 0 radical (unpaired) electrons. The third-order valence-corrected chi connectivity index (χ3v) is 24.9. The molecule has 6 fully saturated rings. The molecule has 0 aromatic carbocycles. The molecule has 7 aliphatic rings. The lowest BCUT2D eigenvalue weighted by molar-refractivity contribution is -0.184. The van der Waals surface area contributed by atoms with Crippen molar-refractivity contribution in [2.24, 2.45) is 40.9 Å². The van der Waals surface area contributed by atoms with Crippen LogP contribution in [0.25, 0.3) is 0 Å². The number of halogens is 7. The third-order valence-electron chi connectivity index (χ3n) is 24.4. The van der Waals surface area contributed by atoms with E-state index in [0.717, 1.165) is 19.6 Å². The van der Waals surface area contributed by atoms with Crippen molar-refractivity contribution >= 4 is 82.5 Å². The van der Waals surface area contributed by atoms with Crippen LogP contribution in [0.15, 0.2) is 12.2 Å². The Hall–Kier alpha value is -6.79. The number of hydrogen-bond acceptors (Lipinski definition) is 13.